The van der Waals surface area contributed by atoms with Crippen LogP contribution in [0.2, 0.25) is 0 Å². The van der Waals surface area contributed by atoms with E-state index in [0.29, 0.717) is 22.7 Å². The Morgan fingerprint density at radius 2 is 2.00 bits per heavy atom. The first-order valence-corrected chi connectivity index (χ1v) is 9.52. The first kappa shape index (κ1) is 17.2. The number of nitrogens with zero attached hydrogens (tertiary/aromatic N) is 5. The number of hydrogen-bond acceptors (Lipinski definition) is 5. The summed E-state index contributed by atoms with van der Waals surface area (Å²) in [6, 6.07) is 2.36. The molecule has 1 aliphatic carbocycles. The van der Waals surface area contributed by atoms with Gasteiger partial charge in [-0.1, -0.05) is 18.7 Å². The third-order valence-corrected chi connectivity index (χ3v) is 5.67. The molecule has 6 nitrogen and oxygen atoms in total. The van der Waals surface area contributed by atoms with Crippen molar-refractivity contribution in [3.05, 3.63) is 17.5 Å². The summed E-state index contributed by atoms with van der Waals surface area (Å²) in [7, 11) is 1.93. The Morgan fingerprint density at radius 1 is 1.29 bits per heavy atom. The molecule has 0 N–H and O–H groups in total. The molecule has 0 atom stereocenters. The second-order valence-corrected chi connectivity index (χ2v) is 7.79. The lowest BCUT2D eigenvalue weighted by molar-refractivity contribution is -0.129. The smallest absolute Gasteiger partial charge is 0.253 e. The zero-order valence-corrected chi connectivity index (χ0v) is 15.6. The van der Waals surface area contributed by atoms with Crippen molar-refractivity contribution in [2.45, 2.75) is 57.7 Å². The molecular weight excluding hydrogens is 322 g/mol. The maximum atomic E-state index is 12.5. The lowest BCUT2D eigenvalue weighted by Crippen LogP contribution is -2.40. The quantitative estimate of drug-likeness (QED) is 0.796. The minimum Gasteiger partial charge on any atom is -0.342 e. The van der Waals surface area contributed by atoms with Crippen molar-refractivity contribution in [2.75, 3.05) is 12.8 Å². The second-order valence-electron chi connectivity index (χ2n) is 6.85. The van der Waals surface area contributed by atoms with E-state index in [0.717, 1.165) is 30.1 Å². The molecule has 2 heterocycles. The lowest BCUT2D eigenvalue weighted by atomic mass is 9.87. The Kier molecular flexibility index (Phi) is 5.08. The Morgan fingerprint density at radius 3 is 2.71 bits per heavy atom. The van der Waals surface area contributed by atoms with Crippen LogP contribution in [0.25, 0.3) is 5.78 Å². The van der Waals surface area contributed by atoms with Gasteiger partial charge in [0.15, 0.2) is 0 Å². The van der Waals surface area contributed by atoms with E-state index in [9.17, 15) is 4.79 Å². The zero-order valence-electron chi connectivity index (χ0n) is 14.8. The van der Waals surface area contributed by atoms with Crippen molar-refractivity contribution < 1.29 is 4.79 Å². The molecule has 0 aliphatic heterocycles. The van der Waals surface area contributed by atoms with Crippen LogP contribution in [0, 0.1) is 19.8 Å². The van der Waals surface area contributed by atoms with Crippen LogP contribution in [0.1, 0.15) is 44.0 Å². The van der Waals surface area contributed by atoms with Crippen molar-refractivity contribution in [1.82, 2.24) is 24.5 Å². The summed E-state index contributed by atoms with van der Waals surface area (Å²) >= 11 is 1.39. The van der Waals surface area contributed by atoms with Crippen LogP contribution < -0.4 is 0 Å². The molecule has 1 fully saturated rings. The highest BCUT2D eigenvalue weighted by molar-refractivity contribution is 7.99. The number of amides is 1. The first-order valence-electron chi connectivity index (χ1n) is 8.53. The van der Waals surface area contributed by atoms with E-state index in [2.05, 4.69) is 22.0 Å². The van der Waals surface area contributed by atoms with E-state index in [4.69, 9.17) is 0 Å². The average Bonchev–Trinajstić information content (AvgIpc) is 2.96. The average molecular weight is 347 g/mol. The van der Waals surface area contributed by atoms with E-state index in [-0.39, 0.29) is 5.91 Å². The summed E-state index contributed by atoms with van der Waals surface area (Å²) in [6.07, 6.45) is 4.66. The van der Waals surface area contributed by atoms with Gasteiger partial charge in [-0.2, -0.15) is 4.98 Å². The number of hydrogen-bond donors (Lipinski definition) is 0. The van der Waals surface area contributed by atoms with Crippen molar-refractivity contribution in [3.8, 4) is 0 Å². The molecule has 0 spiro atoms. The number of aromatic nitrogens is 4. The van der Waals surface area contributed by atoms with Gasteiger partial charge in [0.25, 0.3) is 5.78 Å². The van der Waals surface area contributed by atoms with Crippen molar-refractivity contribution in [1.29, 1.82) is 0 Å². The van der Waals surface area contributed by atoms with Gasteiger partial charge in [-0.3, -0.25) is 4.79 Å². The molecule has 0 radical (unpaired) electrons. The van der Waals surface area contributed by atoms with E-state index >= 15 is 0 Å². The minimum atomic E-state index is 0.152. The summed E-state index contributed by atoms with van der Waals surface area (Å²) < 4.78 is 1.73. The Labute approximate surface area is 147 Å². The monoisotopic (exact) mass is 347 g/mol. The van der Waals surface area contributed by atoms with Crippen LogP contribution in [-0.4, -0.2) is 49.2 Å². The molecule has 0 unspecified atom stereocenters. The molecule has 24 heavy (non-hydrogen) atoms. The third-order valence-electron chi connectivity index (χ3n) is 4.85. The van der Waals surface area contributed by atoms with E-state index in [1.807, 2.05) is 31.9 Å². The standard InChI is InChI=1S/C17H25N5OS/c1-11-5-7-14(8-6-11)21(4)15(23)10-24-17-19-16-18-12(2)9-13(3)22(16)20-17/h9,11,14H,5-8,10H2,1-4H3. The fourth-order valence-electron chi connectivity index (χ4n) is 3.27. The molecule has 1 aliphatic rings. The van der Waals surface area contributed by atoms with Crippen molar-refractivity contribution >= 4 is 23.4 Å². The highest BCUT2D eigenvalue weighted by Gasteiger charge is 2.25. The third kappa shape index (κ3) is 3.71. The second kappa shape index (κ2) is 7.09. The number of carbonyl (C=O) groups excluding carboxylic acids is 1. The SMILES string of the molecule is Cc1cc(C)n2nc(SCC(=O)N(C)C3CCC(C)CC3)nc2n1. The van der Waals surface area contributed by atoms with Gasteiger partial charge in [-0.05, 0) is 51.5 Å². The van der Waals surface area contributed by atoms with Gasteiger partial charge in [0.05, 0.1) is 5.75 Å². The van der Waals surface area contributed by atoms with Gasteiger partial charge < -0.3 is 4.90 Å². The predicted octanol–water partition coefficient (Wildman–Crippen LogP) is 2.87. The van der Waals surface area contributed by atoms with Crippen molar-refractivity contribution in [3.63, 3.8) is 0 Å². The van der Waals surface area contributed by atoms with Crippen LogP contribution in [0.3, 0.4) is 0 Å². The predicted molar refractivity (Wildman–Crippen MR) is 95.2 cm³/mol. The molecule has 0 aromatic carbocycles. The van der Waals surface area contributed by atoms with Crippen LogP contribution in [-0.2, 0) is 4.79 Å². The summed E-state index contributed by atoms with van der Waals surface area (Å²) in [5, 5.41) is 5.05. The van der Waals surface area contributed by atoms with E-state index in [1.165, 1.54) is 24.6 Å². The van der Waals surface area contributed by atoms with Gasteiger partial charge in [0.2, 0.25) is 11.1 Å². The highest BCUT2D eigenvalue weighted by atomic mass is 32.2. The van der Waals surface area contributed by atoms with Crippen LogP contribution >= 0.6 is 11.8 Å². The van der Waals surface area contributed by atoms with Gasteiger partial charge in [0.1, 0.15) is 0 Å². The molecule has 0 bridgehead atoms. The molecule has 1 saturated carbocycles. The van der Waals surface area contributed by atoms with Gasteiger partial charge in [0, 0.05) is 24.5 Å². The van der Waals surface area contributed by atoms with E-state index < -0.39 is 0 Å². The largest absolute Gasteiger partial charge is 0.342 e. The fraction of sp³-hybridized carbons (Fsp3) is 0.647. The lowest BCUT2D eigenvalue weighted by Gasteiger charge is -2.33. The highest BCUT2D eigenvalue weighted by Crippen LogP contribution is 2.27. The Balaban J connectivity index is 1.61. The maximum absolute atomic E-state index is 12.5. The first-order chi connectivity index (χ1) is 11.4. The van der Waals surface area contributed by atoms with Crippen LogP contribution in [0.15, 0.2) is 11.2 Å². The number of fused-ring (bicyclic) bond motifs is 1. The molecule has 2 aromatic heterocycles. The molecule has 2 aromatic rings. The normalized spacial score (nSPS) is 21.2. The summed E-state index contributed by atoms with van der Waals surface area (Å²) in [4.78, 5) is 23.2. The molecule has 0 saturated heterocycles. The van der Waals surface area contributed by atoms with Crippen LogP contribution in [0.5, 0.6) is 0 Å². The topological polar surface area (TPSA) is 63.4 Å². The number of aryl methyl sites for hydroxylation is 2. The van der Waals surface area contributed by atoms with Crippen molar-refractivity contribution in [2.24, 2.45) is 5.92 Å². The summed E-state index contributed by atoms with van der Waals surface area (Å²) in [5.74, 6) is 1.91. The number of thioether (sulfide) groups is 1. The summed E-state index contributed by atoms with van der Waals surface area (Å²) in [5.41, 5.74) is 1.92. The van der Waals surface area contributed by atoms with E-state index in [1.54, 1.807) is 4.52 Å². The maximum Gasteiger partial charge on any atom is 0.253 e. The summed E-state index contributed by atoms with van der Waals surface area (Å²) in [6.45, 7) is 6.21. The molecule has 7 heteroatoms. The Hall–Kier alpha value is -1.63. The van der Waals surface area contributed by atoms with Gasteiger partial charge in [-0.15, -0.1) is 5.10 Å². The zero-order chi connectivity index (χ0) is 17.3. The molecule has 1 amide bonds. The molecule has 3 rings (SSSR count). The molecule has 130 valence electrons. The molecular formula is C17H25N5OS. The van der Waals surface area contributed by atoms with Gasteiger partial charge >= 0.3 is 0 Å². The number of carbonyl (C=O) groups is 1. The number of rotatable bonds is 4. The Bertz CT molecular complexity index is 736. The van der Waals surface area contributed by atoms with Crippen LogP contribution in [0.4, 0.5) is 0 Å². The van der Waals surface area contributed by atoms with Gasteiger partial charge in [-0.25, -0.2) is 9.50 Å². The minimum absolute atomic E-state index is 0.152. The fourth-order valence-corrected chi connectivity index (χ4v) is 4.01.